The number of carbonyl (C=O) groups is 1. The van der Waals surface area contributed by atoms with E-state index in [0.717, 1.165) is 34.5 Å². The van der Waals surface area contributed by atoms with Crippen molar-refractivity contribution in [2.75, 3.05) is 6.54 Å². The van der Waals surface area contributed by atoms with E-state index in [2.05, 4.69) is 10.2 Å². The highest BCUT2D eigenvalue weighted by Crippen LogP contribution is 2.29. The maximum atomic E-state index is 12.7. The molecule has 0 fully saturated rings. The number of aryl methyl sites for hydroxylation is 1. The first-order chi connectivity index (χ1) is 13.1. The van der Waals surface area contributed by atoms with Crippen LogP contribution >= 0.6 is 11.6 Å². The molecule has 2 aromatic carbocycles. The number of aromatic amines is 1. The summed E-state index contributed by atoms with van der Waals surface area (Å²) in [7, 11) is 0. The fourth-order valence-electron chi connectivity index (χ4n) is 3.28. The molecule has 27 heavy (non-hydrogen) atoms. The van der Waals surface area contributed by atoms with Crippen LogP contribution in [0.4, 0.5) is 0 Å². The Bertz CT molecular complexity index is 987. The third kappa shape index (κ3) is 3.81. The van der Waals surface area contributed by atoms with Gasteiger partial charge in [-0.05, 0) is 30.7 Å². The molecule has 0 bridgehead atoms. The Hall–Kier alpha value is -2.85. The van der Waals surface area contributed by atoms with Crippen LogP contribution in [0.15, 0.2) is 54.6 Å². The molecule has 5 heteroatoms. The predicted octanol–water partition coefficient (Wildman–Crippen LogP) is 4.64. The lowest BCUT2D eigenvalue weighted by Gasteiger charge is -2.26. The first-order valence-corrected chi connectivity index (χ1v) is 9.33. The van der Waals surface area contributed by atoms with Gasteiger partial charge in [0.1, 0.15) is 0 Å². The van der Waals surface area contributed by atoms with E-state index in [1.165, 1.54) is 5.56 Å². The van der Waals surface area contributed by atoms with Crippen molar-refractivity contribution in [2.45, 2.75) is 19.9 Å². The average Bonchev–Trinajstić information content (AvgIpc) is 3.11. The molecule has 1 amide bonds. The van der Waals surface area contributed by atoms with E-state index in [4.69, 9.17) is 11.6 Å². The summed E-state index contributed by atoms with van der Waals surface area (Å²) in [5, 5.41) is 8.29. The highest BCUT2D eigenvalue weighted by atomic mass is 35.5. The molecule has 136 valence electrons. The van der Waals surface area contributed by atoms with Crippen molar-refractivity contribution >= 4 is 23.6 Å². The van der Waals surface area contributed by atoms with Gasteiger partial charge in [-0.2, -0.15) is 5.10 Å². The number of amides is 1. The Balaban J connectivity index is 1.52. The minimum absolute atomic E-state index is 0.0180. The highest BCUT2D eigenvalue weighted by molar-refractivity contribution is 6.30. The van der Waals surface area contributed by atoms with Gasteiger partial charge in [0.05, 0.1) is 5.69 Å². The summed E-state index contributed by atoms with van der Waals surface area (Å²) in [6.07, 6.45) is 4.30. The summed E-state index contributed by atoms with van der Waals surface area (Å²) in [5.41, 5.74) is 6.31. The maximum absolute atomic E-state index is 12.7. The van der Waals surface area contributed by atoms with Crippen LogP contribution in [0, 0.1) is 6.92 Å². The molecule has 2 heterocycles. The SMILES string of the molecule is Cc1ccc(/C=C/C(=O)N2CCc3[nH]nc(-c4ccc(Cl)cc4)c3C2)cc1. The lowest BCUT2D eigenvalue weighted by atomic mass is 10.0. The van der Waals surface area contributed by atoms with Crippen LogP contribution in [0.5, 0.6) is 0 Å². The quantitative estimate of drug-likeness (QED) is 0.676. The van der Waals surface area contributed by atoms with Crippen molar-refractivity contribution < 1.29 is 4.79 Å². The van der Waals surface area contributed by atoms with Crippen molar-refractivity contribution in [2.24, 2.45) is 0 Å². The molecule has 3 aromatic rings. The molecule has 0 spiro atoms. The zero-order valence-electron chi connectivity index (χ0n) is 15.1. The van der Waals surface area contributed by atoms with Gasteiger partial charge in [-0.3, -0.25) is 9.89 Å². The number of H-pyrrole nitrogens is 1. The van der Waals surface area contributed by atoms with E-state index in [1.807, 2.05) is 66.4 Å². The van der Waals surface area contributed by atoms with Crippen LogP contribution in [0.2, 0.25) is 5.02 Å². The van der Waals surface area contributed by atoms with Crippen molar-refractivity contribution in [3.63, 3.8) is 0 Å². The van der Waals surface area contributed by atoms with Gasteiger partial charge in [0.15, 0.2) is 0 Å². The van der Waals surface area contributed by atoms with E-state index >= 15 is 0 Å². The number of nitrogens with zero attached hydrogens (tertiary/aromatic N) is 2. The predicted molar refractivity (Wildman–Crippen MR) is 108 cm³/mol. The van der Waals surface area contributed by atoms with Gasteiger partial charge in [-0.1, -0.05) is 53.6 Å². The lowest BCUT2D eigenvalue weighted by molar-refractivity contribution is -0.126. The van der Waals surface area contributed by atoms with Crippen LogP contribution in [0.3, 0.4) is 0 Å². The van der Waals surface area contributed by atoms with E-state index in [0.29, 0.717) is 18.1 Å². The number of halogens is 1. The summed E-state index contributed by atoms with van der Waals surface area (Å²) in [6, 6.07) is 15.7. The van der Waals surface area contributed by atoms with Gasteiger partial charge >= 0.3 is 0 Å². The summed E-state index contributed by atoms with van der Waals surface area (Å²) in [5.74, 6) is 0.0180. The summed E-state index contributed by atoms with van der Waals surface area (Å²) >= 11 is 5.99. The molecule has 1 N–H and O–H groups in total. The average molecular weight is 378 g/mol. The van der Waals surface area contributed by atoms with Gasteiger partial charge in [0.2, 0.25) is 5.91 Å². The van der Waals surface area contributed by atoms with Crippen LogP contribution in [-0.2, 0) is 17.8 Å². The molecule has 0 saturated heterocycles. The second kappa shape index (κ2) is 7.41. The summed E-state index contributed by atoms with van der Waals surface area (Å²) < 4.78 is 0. The minimum Gasteiger partial charge on any atom is -0.334 e. The number of rotatable bonds is 3. The summed E-state index contributed by atoms with van der Waals surface area (Å²) in [6.45, 7) is 3.29. The first-order valence-electron chi connectivity index (χ1n) is 8.96. The Morgan fingerprint density at radius 2 is 1.89 bits per heavy atom. The standard InChI is InChI=1S/C22H20ClN3O/c1-15-2-4-16(5-3-15)6-11-21(27)26-13-12-20-19(14-26)22(25-24-20)17-7-9-18(23)10-8-17/h2-11H,12-14H2,1H3,(H,24,25)/b11-6+. The fraction of sp³-hybridized carbons (Fsp3) is 0.182. The molecule has 0 unspecified atom stereocenters. The van der Waals surface area contributed by atoms with Gasteiger partial charge in [-0.15, -0.1) is 0 Å². The number of hydrogen-bond donors (Lipinski definition) is 1. The largest absolute Gasteiger partial charge is 0.334 e. The Kier molecular flexibility index (Phi) is 4.82. The number of benzene rings is 2. The number of aromatic nitrogens is 2. The van der Waals surface area contributed by atoms with Crippen molar-refractivity contribution in [1.29, 1.82) is 0 Å². The molecular weight excluding hydrogens is 358 g/mol. The number of nitrogens with one attached hydrogen (secondary N) is 1. The van der Waals surface area contributed by atoms with E-state index in [-0.39, 0.29) is 5.91 Å². The molecule has 1 aliphatic rings. The fourth-order valence-corrected chi connectivity index (χ4v) is 3.41. The van der Waals surface area contributed by atoms with E-state index < -0.39 is 0 Å². The van der Waals surface area contributed by atoms with Gasteiger partial charge in [0, 0.05) is 47.4 Å². The maximum Gasteiger partial charge on any atom is 0.246 e. The Labute approximate surface area is 163 Å². The van der Waals surface area contributed by atoms with Gasteiger partial charge < -0.3 is 4.90 Å². The number of hydrogen-bond acceptors (Lipinski definition) is 2. The van der Waals surface area contributed by atoms with Crippen LogP contribution < -0.4 is 0 Å². The number of carbonyl (C=O) groups excluding carboxylic acids is 1. The molecule has 4 rings (SSSR count). The van der Waals surface area contributed by atoms with Gasteiger partial charge in [0.25, 0.3) is 0 Å². The van der Waals surface area contributed by atoms with E-state index in [9.17, 15) is 4.79 Å². The van der Waals surface area contributed by atoms with Gasteiger partial charge in [-0.25, -0.2) is 0 Å². The van der Waals surface area contributed by atoms with Crippen molar-refractivity contribution in [1.82, 2.24) is 15.1 Å². The van der Waals surface area contributed by atoms with Crippen LogP contribution in [0.1, 0.15) is 22.4 Å². The Morgan fingerprint density at radius 1 is 1.15 bits per heavy atom. The zero-order chi connectivity index (χ0) is 18.8. The molecule has 0 atom stereocenters. The minimum atomic E-state index is 0.0180. The molecule has 1 aliphatic heterocycles. The zero-order valence-corrected chi connectivity index (χ0v) is 15.8. The second-order valence-electron chi connectivity index (χ2n) is 6.79. The number of fused-ring (bicyclic) bond motifs is 1. The topological polar surface area (TPSA) is 49.0 Å². The lowest BCUT2D eigenvalue weighted by Crippen LogP contribution is -2.34. The smallest absolute Gasteiger partial charge is 0.246 e. The molecule has 1 aromatic heterocycles. The Morgan fingerprint density at radius 3 is 2.63 bits per heavy atom. The molecular formula is C22H20ClN3O. The first kappa shape index (κ1) is 17.6. The molecule has 4 nitrogen and oxygen atoms in total. The second-order valence-corrected chi connectivity index (χ2v) is 7.23. The summed E-state index contributed by atoms with van der Waals surface area (Å²) in [4.78, 5) is 14.5. The van der Waals surface area contributed by atoms with E-state index in [1.54, 1.807) is 6.08 Å². The molecule has 0 radical (unpaired) electrons. The van der Waals surface area contributed by atoms with Crippen LogP contribution in [-0.4, -0.2) is 27.5 Å². The normalized spacial score (nSPS) is 13.8. The van der Waals surface area contributed by atoms with Crippen molar-refractivity contribution in [3.8, 4) is 11.3 Å². The van der Waals surface area contributed by atoms with Crippen molar-refractivity contribution in [3.05, 3.63) is 82.0 Å². The highest BCUT2D eigenvalue weighted by Gasteiger charge is 2.24. The van der Waals surface area contributed by atoms with Crippen LogP contribution in [0.25, 0.3) is 17.3 Å². The third-order valence-corrected chi connectivity index (χ3v) is 5.11. The molecule has 0 aliphatic carbocycles. The third-order valence-electron chi connectivity index (χ3n) is 4.86. The molecule has 0 saturated carbocycles. The monoisotopic (exact) mass is 377 g/mol.